The van der Waals surface area contributed by atoms with E-state index in [2.05, 4.69) is 0 Å². The van der Waals surface area contributed by atoms with E-state index in [0.29, 0.717) is 65.2 Å². The Labute approximate surface area is 322 Å². The van der Waals surface area contributed by atoms with Crippen molar-refractivity contribution in [2.24, 2.45) is 14.1 Å². The molecule has 0 saturated carbocycles. The van der Waals surface area contributed by atoms with E-state index in [-0.39, 0.29) is 25.5 Å². The van der Waals surface area contributed by atoms with Crippen LogP contribution in [-0.4, -0.2) is 62.3 Å². The number of carbonyl (C=O) groups excluding carboxylic acids is 1. The molecule has 2 aliphatic rings. The van der Waals surface area contributed by atoms with Crippen molar-refractivity contribution in [3.63, 3.8) is 0 Å². The van der Waals surface area contributed by atoms with E-state index in [9.17, 15) is 17.6 Å². The molecule has 5 heterocycles. The normalized spacial score (nSPS) is 15.6. The lowest BCUT2D eigenvalue weighted by molar-refractivity contribution is 0.0514. The predicted octanol–water partition coefficient (Wildman–Crippen LogP) is 7.42. The second-order valence-electron chi connectivity index (χ2n) is 13.8. The quantitative estimate of drug-likeness (QED) is 0.170. The summed E-state index contributed by atoms with van der Waals surface area (Å²) in [7, 11) is -0.0571. The molecule has 3 aromatic heterocycles. The van der Waals surface area contributed by atoms with Gasteiger partial charge in [-0.1, -0.05) is 17.7 Å². The number of rotatable bonds is 3. The van der Waals surface area contributed by atoms with E-state index in [1.54, 1.807) is 29.4 Å². The number of aromatic nitrogens is 5. The number of sulfonamides is 1. The molecule has 54 heavy (non-hydrogen) atoms. The molecule has 11 nitrogen and oxygen atoms in total. The molecule has 0 radical (unpaired) electrons. The molecule has 6 aromatic rings. The lowest BCUT2D eigenvalue weighted by atomic mass is 9.97. The summed E-state index contributed by atoms with van der Waals surface area (Å²) in [5, 5.41) is 12.5. The summed E-state index contributed by atoms with van der Waals surface area (Å²) in [5.74, 6) is 0.389. The first-order valence-electron chi connectivity index (χ1n) is 17.9. The van der Waals surface area contributed by atoms with Gasteiger partial charge in [0.15, 0.2) is 0 Å². The predicted molar refractivity (Wildman–Crippen MR) is 208 cm³/mol. The van der Waals surface area contributed by atoms with E-state index in [1.165, 1.54) is 22.7 Å². The van der Waals surface area contributed by atoms with Gasteiger partial charge in [0, 0.05) is 64.6 Å². The molecule has 0 N–H and O–H groups in total. The fraction of sp³-hybridized carbons (Fsp3) is 0.359. The average Bonchev–Trinajstić information content (AvgIpc) is 3.87. The van der Waals surface area contributed by atoms with Crippen molar-refractivity contribution < 1.29 is 27.1 Å². The standard InChI is InChI=1S/C39H40ClFN6O5S2/c1-5-51-39(48)38-29-8-7-15-52-34-19-27(17-23-16-24(41)10-11-28(23)34)53-22-26-18-25(42-45(26)3)20-46(54(4,49)50)21-32-36(33-9-6-14-47(33)43-32)35-31(40)13-12-30(29)37(35)44(38)2/h10-13,16-19H,5-9,14-15,20-22H2,1-4H3. The van der Waals surface area contributed by atoms with Crippen molar-refractivity contribution in [2.45, 2.75) is 62.9 Å². The van der Waals surface area contributed by atoms with Gasteiger partial charge in [-0.05, 0) is 86.0 Å². The molecular formula is C39H40ClFN6O5S2. The zero-order valence-corrected chi connectivity index (χ0v) is 32.9. The average molecular weight is 791 g/mol. The van der Waals surface area contributed by atoms with Crippen LogP contribution in [0.2, 0.25) is 5.02 Å². The highest BCUT2D eigenvalue weighted by Crippen LogP contribution is 2.44. The van der Waals surface area contributed by atoms with Crippen LogP contribution in [0.4, 0.5) is 4.39 Å². The molecule has 0 unspecified atom stereocenters. The second-order valence-corrected chi connectivity index (χ2v) is 17.3. The van der Waals surface area contributed by atoms with Gasteiger partial charge >= 0.3 is 5.97 Å². The number of esters is 1. The Bertz CT molecular complexity index is 2580. The van der Waals surface area contributed by atoms with Crippen LogP contribution < -0.4 is 4.74 Å². The van der Waals surface area contributed by atoms with E-state index in [0.717, 1.165) is 61.9 Å². The maximum absolute atomic E-state index is 14.4. The molecule has 0 spiro atoms. The Morgan fingerprint density at radius 2 is 1.83 bits per heavy atom. The van der Waals surface area contributed by atoms with Crippen molar-refractivity contribution in [3.05, 3.63) is 93.4 Å². The van der Waals surface area contributed by atoms with Gasteiger partial charge in [0.25, 0.3) is 0 Å². The Kier molecular flexibility index (Phi) is 9.74. The third-order valence-corrected chi connectivity index (χ3v) is 12.8. The molecule has 3 aromatic carbocycles. The highest BCUT2D eigenvalue weighted by molar-refractivity contribution is 7.98. The van der Waals surface area contributed by atoms with Gasteiger partial charge in [-0.3, -0.25) is 9.36 Å². The molecule has 0 amide bonds. The highest BCUT2D eigenvalue weighted by Gasteiger charge is 2.32. The van der Waals surface area contributed by atoms with Crippen LogP contribution in [0.1, 0.15) is 58.6 Å². The van der Waals surface area contributed by atoms with Crippen LogP contribution in [0.3, 0.4) is 0 Å². The van der Waals surface area contributed by atoms with E-state index < -0.39 is 16.0 Å². The second kappa shape index (κ2) is 14.4. The van der Waals surface area contributed by atoms with Crippen LogP contribution in [0.5, 0.6) is 5.75 Å². The van der Waals surface area contributed by atoms with Crippen LogP contribution in [0.15, 0.2) is 53.4 Å². The number of hydrogen-bond donors (Lipinski definition) is 0. The van der Waals surface area contributed by atoms with Gasteiger partial charge < -0.3 is 14.0 Å². The maximum atomic E-state index is 14.4. The summed E-state index contributed by atoms with van der Waals surface area (Å²) in [4.78, 5) is 14.6. The summed E-state index contributed by atoms with van der Waals surface area (Å²) in [6.07, 6.45) is 3.90. The summed E-state index contributed by atoms with van der Waals surface area (Å²) in [6.45, 7) is 3.06. The number of fused-ring (bicyclic) bond motifs is 10. The zero-order chi connectivity index (χ0) is 37.9. The molecule has 2 aliphatic heterocycles. The number of benzene rings is 3. The summed E-state index contributed by atoms with van der Waals surface area (Å²) < 4.78 is 60.3. The minimum atomic E-state index is -3.74. The van der Waals surface area contributed by atoms with Crippen LogP contribution in [-0.2, 0) is 67.1 Å². The Hall–Kier alpha value is -4.37. The highest BCUT2D eigenvalue weighted by atomic mass is 35.5. The molecule has 8 bridgehead atoms. The Morgan fingerprint density at radius 3 is 2.63 bits per heavy atom. The Balaban J connectivity index is 1.32. The molecule has 0 fully saturated rings. The topological polar surface area (TPSA) is 113 Å². The summed E-state index contributed by atoms with van der Waals surface area (Å²) >= 11 is 8.69. The van der Waals surface area contributed by atoms with Crippen molar-refractivity contribution in [1.82, 2.24) is 28.4 Å². The molecule has 0 atom stereocenters. The first-order valence-corrected chi connectivity index (χ1v) is 21.1. The minimum absolute atomic E-state index is 0.00266. The third kappa shape index (κ3) is 6.67. The number of thioether (sulfide) groups is 1. The molecule has 0 aliphatic carbocycles. The number of nitrogens with zero attached hydrogens (tertiary/aromatic N) is 6. The van der Waals surface area contributed by atoms with E-state index in [1.807, 2.05) is 53.7 Å². The fourth-order valence-corrected chi connectivity index (χ4v) is 9.79. The number of hydrogen-bond acceptors (Lipinski definition) is 8. The minimum Gasteiger partial charge on any atom is -0.493 e. The van der Waals surface area contributed by atoms with Gasteiger partial charge in [0.1, 0.15) is 17.3 Å². The molecule has 15 heteroatoms. The largest absolute Gasteiger partial charge is 0.493 e. The van der Waals surface area contributed by atoms with Crippen molar-refractivity contribution in [3.8, 4) is 16.9 Å². The molecule has 282 valence electrons. The lowest BCUT2D eigenvalue weighted by Crippen LogP contribution is -2.29. The van der Waals surface area contributed by atoms with Crippen LogP contribution in [0, 0.1) is 5.82 Å². The number of ether oxygens (including phenoxy) is 2. The van der Waals surface area contributed by atoms with Gasteiger partial charge in [0.2, 0.25) is 10.0 Å². The van der Waals surface area contributed by atoms with E-state index >= 15 is 0 Å². The van der Waals surface area contributed by atoms with E-state index in [4.69, 9.17) is 31.3 Å². The molecule has 0 saturated heterocycles. The molecular weight excluding hydrogens is 751 g/mol. The zero-order valence-electron chi connectivity index (χ0n) is 30.5. The van der Waals surface area contributed by atoms with Crippen molar-refractivity contribution in [2.75, 3.05) is 19.5 Å². The number of carbonyl (C=O) groups is 1. The monoisotopic (exact) mass is 790 g/mol. The summed E-state index contributed by atoms with van der Waals surface area (Å²) in [5.41, 5.74) is 6.51. The fourth-order valence-electron chi connectivity index (χ4n) is 7.83. The maximum Gasteiger partial charge on any atom is 0.355 e. The Morgan fingerprint density at radius 1 is 1.02 bits per heavy atom. The number of aryl methyl sites for hydroxylation is 4. The molecule has 8 rings (SSSR count). The lowest BCUT2D eigenvalue weighted by Gasteiger charge is -2.19. The van der Waals surface area contributed by atoms with Gasteiger partial charge in [-0.15, -0.1) is 11.8 Å². The van der Waals surface area contributed by atoms with Crippen molar-refractivity contribution in [1.29, 1.82) is 0 Å². The SMILES string of the molecule is CCOC(=O)c1c2c3ccc(Cl)c(c3n1C)-c1c(nn3c1CCC3)CN(S(C)(=O)=O)Cc1cc(n(C)n1)CSc1cc(c3ccc(F)cc3c1)OCCC2. The summed E-state index contributed by atoms with van der Waals surface area (Å²) in [6, 6.07) is 14.3. The first kappa shape index (κ1) is 36.6. The van der Waals surface area contributed by atoms with Crippen LogP contribution >= 0.6 is 23.4 Å². The van der Waals surface area contributed by atoms with Gasteiger partial charge in [0.05, 0.1) is 54.5 Å². The third-order valence-electron chi connectivity index (χ3n) is 10.3. The first-order chi connectivity index (χ1) is 25.9. The number of halogens is 2. The van der Waals surface area contributed by atoms with Gasteiger partial charge in [-0.25, -0.2) is 17.6 Å². The van der Waals surface area contributed by atoms with Crippen molar-refractivity contribution >= 4 is 61.0 Å². The van der Waals surface area contributed by atoms with Crippen LogP contribution in [0.25, 0.3) is 32.8 Å². The van der Waals surface area contributed by atoms with Gasteiger partial charge in [-0.2, -0.15) is 14.5 Å². The smallest absolute Gasteiger partial charge is 0.355 e.